The Hall–Kier alpha value is -4.14. The van der Waals surface area contributed by atoms with Gasteiger partial charge in [0.1, 0.15) is 6.04 Å². The van der Waals surface area contributed by atoms with Crippen LogP contribution in [0.1, 0.15) is 48.1 Å². The van der Waals surface area contributed by atoms with E-state index in [1.165, 1.54) is 0 Å². The number of thioether (sulfide) groups is 1. The van der Waals surface area contributed by atoms with E-state index >= 15 is 9.59 Å². The van der Waals surface area contributed by atoms with Gasteiger partial charge in [0, 0.05) is 30.1 Å². The molecule has 6 atom stereocenters. The van der Waals surface area contributed by atoms with E-state index in [0.29, 0.717) is 25.9 Å². The lowest BCUT2D eigenvalue weighted by Crippen LogP contribution is -2.56. The number of rotatable bonds is 12. The van der Waals surface area contributed by atoms with Crippen LogP contribution >= 0.6 is 11.8 Å². The molecule has 7 nitrogen and oxygen atoms in total. The second kappa shape index (κ2) is 13.4. The Kier molecular flexibility index (Phi) is 9.42. The summed E-state index contributed by atoms with van der Waals surface area (Å²) in [5.41, 5.74) is 4.43. The summed E-state index contributed by atoms with van der Waals surface area (Å²) in [6.07, 6.45) is 4.75. The van der Waals surface area contributed by atoms with Crippen molar-refractivity contribution in [1.29, 1.82) is 0 Å². The highest BCUT2D eigenvalue weighted by Gasteiger charge is 2.78. The van der Waals surface area contributed by atoms with Crippen LogP contribution in [0.2, 0.25) is 0 Å². The predicted octanol–water partition coefficient (Wildman–Crippen LogP) is 6.25. The van der Waals surface area contributed by atoms with Crippen molar-refractivity contribution in [2.24, 2.45) is 11.8 Å². The van der Waals surface area contributed by atoms with Crippen molar-refractivity contribution < 1.29 is 19.5 Å². The molecule has 3 aliphatic heterocycles. The van der Waals surface area contributed by atoms with E-state index < -0.39 is 33.4 Å². The zero-order valence-corrected chi connectivity index (χ0v) is 28.9. The third-order valence-electron chi connectivity index (χ3n) is 10.6. The SMILES string of the molecule is C=CCN(Cc1ccccc1)C(=O)[C@@H]1[C@H]2C(=O)N([C@H](CO)c3ccccc3)C(C(=O)N(CC=C)c3c(C)cccc3C)C23CC[C@@]1(C)S3. The molecule has 3 aliphatic rings. The van der Waals surface area contributed by atoms with Crippen LogP contribution in [0, 0.1) is 25.7 Å². The Balaban J connectivity index is 1.49. The third-order valence-corrected chi connectivity index (χ3v) is 12.6. The van der Waals surface area contributed by atoms with Crippen LogP contribution in [0.4, 0.5) is 5.69 Å². The average molecular weight is 664 g/mol. The van der Waals surface area contributed by atoms with Crippen LogP contribution < -0.4 is 4.90 Å². The minimum absolute atomic E-state index is 0.0975. The smallest absolute Gasteiger partial charge is 0.251 e. The van der Waals surface area contributed by atoms with Crippen LogP contribution in [-0.2, 0) is 20.9 Å². The number of carbonyl (C=O) groups is 3. The zero-order chi connectivity index (χ0) is 34.2. The first-order valence-electron chi connectivity index (χ1n) is 16.7. The molecule has 6 rings (SSSR count). The van der Waals surface area contributed by atoms with Gasteiger partial charge in [0.05, 0.1) is 29.2 Å². The molecule has 1 spiro atoms. The summed E-state index contributed by atoms with van der Waals surface area (Å²) in [5, 5.41) is 11.0. The fourth-order valence-corrected chi connectivity index (χ4v) is 10.9. The second-order valence-corrected chi connectivity index (χ2v) is 15.4. The fraction of sp³-hybridized carbons (Fsp3) is 0.375. The summed E-state index contributed by atoms with van der Waals surface area (Å²) in [4.78, 5) is 50.4. The highest BCUT2D eigenvalue weighted by molar-refractivity contribution is 8.02. The number of hydrogen-bond acceptors (Lipinski definition) is 5. The molecule has 48 heavy (non-hydrogen) atoms. The van der Waals surface area contributed by atoms with Crippen molar-refractivity contribution >= 4 is 35.2 Å². The van der Waals surface area contributed by atoms with Gasteiger partial charge < -0.3 is 19.8 Å². The number of benzene rings is 3. The number of likely N-dealkylation sites (tertiary alicyclic amines) is 1. The highest BCUT2D eigenvalue weighted by atomic mass is 32.2. The minimum Gasteiger partial charge on any atom is -0.394 e. The van der Waals surface area contributed by atoms with E-state index in [1.807, 2.05) is 92.7 Å². The Bertz CT molecular complexity index is 1690. The van der Waals surface area contributed by atoms with Crippen molar-refractivity contribution in [3.8, 4) is 0 Å². The Morgan fingerprint density at radius 2 is 1.56 bits per heavy atom. The summed E-state index contributed by atoms with van der Waals surface area (Å²) >= 11 is 1.65. The van der Waals surface area contributed by atoms with Crippen LogP contribution in [0.5, 0.6) is 0 Å². The molecule has 8 heteroatoms. The average Bonchev–Trinajstić information content (AvgIpc) is 3.65. The number of aryl methyl sites for hydroxylation is 2. The standard InChI is InChI=1S/C40H45N3O4S/c1-6-23-41(25-29-17-10-8-11-18-29)36(45)32-33-37(46)43(31(26-44)30-19-12-9-13-20-30)35(40(33)22-21-39(32,5)48-40)38(47)42(24-7-2)34-27(3)15-14-16-28(34)4/h6-20,31-33,35,44H,1-2,21-26H2,3-5H3/t31-,32+,33+,35?,39-,40?/m1/s1. The van der Waals surface area contributed by atoms with Gasteiger partial charge >= 0.3 is 0 Å². The molecule has 0 radical (unpaired) electrons. The number of nitrogens with zero attached hydrogens (tertiary/aromatic N) is 3. The number of anilines is 1. The summed E-state index contributed by atoms with van der Waals surface area (Å²) in [6.45, 7) is 14.6. The molecule has 2 unspecified atom stereocenters. The largest absolute Gasteiger partial charge is 0.394 e. The van der Waals surface area contributed by atoms with Gasteiger partial charge in [0.2, 0.25) is 11.8 Å². The molecule has 3 aromatic carbocycles. The van der Waals surface area contributed by atoms with E-state index in [2.05, 4.69) is 20.1 Å². The molecular formula is C40H45N3O4S. The predicted molar refractivity (Wildman–Crippen MR) is 192 cm³/mol. The second-order valence-electron chi connectivity index (χ2n) is 13.6. The molecule has 0 aliphatic carbocycles. The van der Waals surface area contributed by atoms with Crippen LogP contribution in [0.15, 0.2) is 104 Å². The van der Waals surface area contributed by atoms with E-state index in [4.69, 9.17) is 0 Å². The van der Waals surface area contributed by atoms with Crippen molar-refractivity contribution in [3.63, 3.8) is 0 Å². The normalized spacial score (nSPS) is 26.2. The summed E-state index contributed by atoms with van der Waals surface area (Å²) in [5.74, 6) is -1.93. The van der Waals surface area contributed by atoms with E-state index in [-0.39, 0.29) is 30.9 Å². The van der Waals surface area contributed by atoms with Gasteiger partial charge in [-0.15, -0.1) is 24.9 Å². The Morgan fingerprint density at radius 1 is 0.938 bits per heavy atom. The van der Waals surface area contributed by atoms with E-state index in [9.17, 15) is 9.90 Å². The molecule has 3 fully saturated rings. The first kappa shape index (κ1) is 33.7. The van der Waals surface area contributed by atoms with Crippen molar-refractivity contribution in [3.05, 3.63) is 126 Å². The number of fused-ring (bicyclic) bond motifs is 1. The minimum atomic E-state index is -0.905. The molecule has 3 saturated heterocycles. The lowest BCUT2D eigenvalue weighted by molar-refractivity contribution is -0.146. The van der Waals surface area contributed by atoms with Crippen LogP contribution in [0.25, 0.3) is 0 Å². The quantitative estimate of drug-likeness (QED) is 0.232. The molecule has 3 amide bonds. The Morgan fingerprint density at radius 3 is 2.17 bits per heavy atom. The van der Waals surface area contributed by atoms with Gasteiger partial charge in [0.25, 0.3) is 5.91 Å². The van der Waals surface area contributed by atoms with Crippen molar-refractivity contribution in [2.75, 3.05) is 24.6 Å². The van der Waals surface area contributed by atoms with Gasteiger partial charge in [-0.1, -0.05) is 91.0 Å². The molecule has 0 aromatic heterocycles. The van der Waals surface area contributed by atoms with Gasteiger partial charge in [0.15, 0.2) is 0 Å². The van der Waals surface area contributed by atoms with E-state index in [1.54, 1.807) is 38.6 Å². The number of hydrogen-bond donors (Lipinski definition) is 1. The topological polar surface area (TPSA) is 81.2 Å². The number of para-hydroxylation sites is 1. The maximum Gasteiger partial charge on any atom is 0.251 e. The summed E-state index contributed by atoms with van der Waals surface area (Å²) in [6, 6.07) is 23.5. The molecule has 2 bridgehead atoms. The molecule has 3 heterocycles. The lowest BCUT2D eigenvalue weighted by Gasteiger charge is -2.40. The van der Waals surface area contributed by atoms with Crippen LogP contribution in [-0.4, -0.2) is 67.9 Å². The van der Waals surface area contributed by atoms with Crippen molar-refractivity contribution in [1.82, 2.24) is 9.80 Å². The van der Waals surface area contributed by atoms with Crippen molar-refractivity contribution in [2.45, 2.75) is 61.7 Å². The molecule has 0 saturated carbocycles. The molecule has 250 valence electrons. The maximum absolute atomic E-state index is 15.3. The van der Waals surface area contributed by atoms with Gasteiger partial charge in [-0.2, -0.15) is 0 Å². The maximum atomic E-state index is 15.3. The zero-order valence-electron chi connectivity index (χ0n) is 28.0. The number of aliphatic hydroxyl groups excluding tert-OH is 1. The van der Waals surface area contributed by atoms with Gasteiger partial charge in [-0.3, -0.25) is 14.4 Å². The number of aliphatic hydroxyl groups is 1. The first-order valence-corrected chi connectivity index (χ1v) is 17.5. The summed E-state index contributed by atoms with van der Waals surface area (Å²) in [7, 11) is 0. The highest BCUT2D eigenvalue weighted by Crippen LogP contribution is 2.72. The van der Waals surface area contributed by atoms with Gasteiger partial charge in [-0.05, 0) is 55.9 Å². The molecule has 1 N–H and O–H groups in total. The Labute approximate surface area is 288 Å². The third kappa shape index (κ3) is 5.49. The molecular weight excluding hydrogens is 619 g/mol. The monoisotopic (exact) mass is 663 g/mol. The first-order chi connectivity index (χ1) is 23.1. The van der Waals surface area contributed by atoms with Crippen LogP contribution in [0.3, 0.4) is 0 Å². The lowest BCUT2D eigenvalue weighted by atomic mass is 9.66. The van der Waals surface area contributed by atoms with E-state index in [0.717, 1.165) is 27.9 Å². The fourth-order valence-electron chi connectivity index (χ4n) is 8.57. The van der Waals surface area contributed by atoms with Gasteiger partial charge in [-0.25, -0.2) is 0 Å². The summed E-state index contributed by atoms with van der Waals surface area (Å²) < 4.78 is -1.39. The number of amides is 3. The molecule has 3 aromatic rings. The number of carbonyl (C=O) groups excluding carboxylic acids is 3.